The fourth-order valence-electron chi connectivity index (χ4n) is 1.27. The van der Waals surface area contributed by atoms with E-state index in [1.54, 1.807) is 0 Å². The van der Waals surface area contributed by atoms with E-state index in [4.69, 9.17) is 22.2 Å². The highest BCUT2D eigenvalue weighted by atomic mass is 35.7. The van der Waals surface area contributed by atoms with Crippen LogP contribution in [0.2, 0.25) is 24.3 Å². The van der Waals surface area contributed by atoms with E-state index in [0.29, 0.717) is 0 Å². The van der Waals surface area contributed by atoms with Gasteiger partial charge >= 0.3 is 0 Å². The topological polar surface area (TPSA) is 0 Å². The Hall–Kier alpha value is 1.01. The molecule has 1 saturated heterocycles. The summed E-state index contributed by atoms with van der Waals surface area (Å²) in [5.74, 6) is 0. The van der Waals surface area contributed by atoms with E-state index in [9.17, 15) is 0 Å². The zero-order valence-electron chi connectivity index (χ0n) is 5.58. The van der Waals surface area contributed by atoms with E-state index in [0.717, 1.165) is 6.04 Å². The summed E-state index contributed by atoms with van der Waals surface area (Å²) < 4.78 is 0. The Balaban J connectivity index is 2.41. The Morgan fingerprint density at radius 3 is 2.44 bits per heavy atom. The van der Waals surface area contributed by atoms with Crippen LogP contribution >= 0.6 is 22.2 Å². The van der Waals surface area contributed by atoms with E-state index in [1.807, 2.05) is 0 Å². The molecule has 1 rings (SSSR count). The molecule has 0 saturated carbocycles. The van der Waals surface area contributed by atoms with Crippen LogP contribution < -0.4 is 0 Å². The molecule has 0 aliphatic carbocycles. The third-order valence-electron chi connectivity index (χ3n) is 1.71. The molecular formula is C5H11Cl2Si2. The highest BCUT2D eigenvalue weighted by molar-refractivity contribution is 7.47. The molecule has 0 spiro atoms. The molecule has 1 radical (unpaired) electrons. The van der Waals surface area contributed by atoms with Gasteiger partial charge in [0.15, 0.2) is 0 Å². The van der Waals surface area contributed by atoms with Crippen LogP contribution in [0.1, 0.15) is 6.42 Å². The lowest BCUT2D eigenvalue weighted by Gasteiger charge is -2.25. The molecule has 1 aliphatic rings. The molecule has 0 aromatic carbocycles. The molecule has 0 bridgehead atoms. The number of hydrogen-bond donors (Lipinski definition) is 0. The smallest absolute Gasteiger partial charge is 0.146 e. The maximum absolute atomic E-state index is 6.10. The van der Waals surface area contributed by atoms with Crippen molar-refractivity contribution in [2.75, 3.05) is 0 Å². The number of rotatable bonds is 0. The zero-order chi connectivity index (χ0) is 6.91. The fraction of sp³-hybridized carbons (Fsp3) is 1.00. The van der Waals surface area contributed by atoms with Gasteiger partial charge in [-0.25, -0.2) is 0 Å². The van der Waals surface area contributed by atoms with Crippen LogP contribution in [0.25, 0.3) is 0 Å². The standard InChI is InChI=1S/C5H11Cl2Si2/c1-8-3-2-4-9(6,7)5-8/h2-5H2,1H3. The second-order valence-corrected chi connectivity index (χ2v) is 13.8. The average molecular weight is 198 g/mol. The Bertz CT molecular complexity index is 105. The highest BCUT2D eigenvalue weighted by Crippen LogP contribution is 2.34. The summed E-state index contributed by atoms with van der Waals surface area (Å²) in [6.45, 7) is 0.680. The van der Waals surface area contributed by atoms with E-state index < -0.39 is 6.69 Å². The maximum atomic E-state index is 6.10. The van der Waals surface area contributed by atoms with Crippen molar-refractivity contribution in [1.82, 2.24) is 0 Å². The summed E-state index contributed by atoms with van der Waals surface area (Å²) in [5, 5.41) is 0. The van der Waals surface area contributed by atoms with E-state index in [-0.39, 0.29) is 8.80 Å². The summed E-state index contributed by atoms with van der Waals surface area (Å²) in [7, 11) is -0.102. The summed E-state index contributed by atoms with van der Waals surface area (Å²) >= 11 is 12.2. The summed E-state index contributed by atoms with van der Waals surface area (Å²) in [5.41, 5.74) is 1.21. The zero-order valence-corrected chi connectivity index (χ0v) is 9.10. The predicted octanol–water partition coefficient (Wildman–Crippen LogP) is 2.97. The minimum absolute atomic E-state index is 0.102. The van der Waals surface area contributed by atoms with Crippen molar-refractivity contribution in [1.29, 1.82) is 0 Å². The molecule has 1 aliphatic heterocycles. The lowest BCUT2D eigenvalue weighted by Crippen LogP contribution is -2.31. The van der Waals surface area contributed by atoms with Gasteiger partial charge in [-0.2, -0.15) is 0 Å². The first-order valence-corrected chi connectivity index (χ1v) is 10.1. The predicted molar refractivity (Wildman–Crippen MR) is 48.1 cm³/mol. The molecule has 0 aromatic heterocycles. The Morgan fingerprint density at radius 1 is 1.44 bits per heavy atom. The molecule has 0 aromatic rings. The average Bonchev–Trinajstić information content (AvgIpc) is 1.60. The lowest BCUT2D eigenvalue weighted by molar-refractivity contribution is 1.02. The van der Waals surface area contributed by atoms with Crippen LogP contribution in [0, 0.1) is 0 Å². The molecule has 0 nitrogen and oxygen atoms in total. The summed E-state index contributed by atoms with van der Waals surface area (Å²) in [4.78, 5) is 0. The minimum Gasteiger partial charge on any atom is -0.146 e. The normalized spacial score (nSPS) is 28.3. The van der Waals surface area contributed by atoms with Crippen LogP contribution in [0.5, 0.6) is 0 Å². The van der Waals surface area contributed by atoms with Crippen LogP contribution in [-0.4, -0.2) is 15.5 Å². The van der Waals surface area contributed by atoms with Gasteiger partial charge in [0, 0.05) is 8.80 Å². The molecule has 1 fully saturated rings. The van der Waals surface area contributed by atoms with Crippen molar-refractivity contribution in [2.45, 2.75) is 30.7 Å². The monoisotopic (exact) mass is 197 g/mol. The second-order valence-electron chi connectivity index (χ2n) is 2.84. The van der Waals surface area contributed by atoms with Crippen molar-refractivity contribution in [3.05, 3.63) is 0 Å². The summed E-state index contributed by atoms with van der Waals surface area (Å²) in [6, 6.07) is 2.57. The molecule has 1 heterocycles. The van der Waals surface area contributed by atoms with Gasteiger partial charge < -0.3 is 0 Å². The number of hydrogen-bond acceptors (Lipinski definition) is 0. The molecule has 0 N–H and O–H groups in total. The Morgan fingerprint density at radius 2 is 2.11 bits per heavy atom. The number of halogens is 2. The van der Waals surface area contributed by atoms with Gasteiger partial charge in [-0.3, -0.25) is 0 Å². The molecule has 0 unspecified atom stereocenters. The third kappa shape index (κ3) is 2.62. The van der Waals surface area contributed by atoms with Crippen molar-refractivity contribution in [2.24, 2.45) is 0 Å². The van der Waals surface area contributed by atoms with E-state index in [1.165, 1.54) is 18.1 Å². The van der Waals surface area contributed by atoms with E-state index in [2.05, 4.69) is 6.55 Å². The molecular weight excluding hydrogens is 187 g/mol. The van der Waals surface area contributed by atoms with Crippen LogP contribution in [0.15, 0.2) is 0 Å². The van der Waals surface area contributed by atoms with Crippen LogP contribution in [-0.2, 0) is 0 Å². The SMILES string of the molecule is C[Si]1CCC[Si](Cl)(Cl)C1. The first-order chi connectivity index (χ1) is 4.10. The highest BCUT2D eigenvalue weighted by Gasteiger charge is 2.34. The van der Waals surface area contributed by atoms with Crippen molar-refractivity contribution >= 4 is 37.6 Å². The third-order valence-corrected chi connectivity index (χ3v) is 12.0. The van der Waals surface area contributed by atoms with Gasteiger partial charge in [0.1, 0.15) is 0 Å². The Labute approximate surface area is 68.6 Å². The van der Waals surface area contributed by atoms with Gasteiger partial charge in [-0.15, -0.1) is 22.2 Å². The first kappa shape index (κ1) is 8.11. The van der Waals surface area contributed by atoms with Gasteiger partial charge in [-0.1, -0.05) is 19.0 Å². The van der Waals surface area contributed by atoms with Gasteiger partial charge in [0.05, 0.1) is 0 Å². The van der Waals surface area contributed by atoms with E-state index >= 15 is 0 Å². The van der Waals surface area contributed by atoms with Crippen LogP contribution in [0.3, 0.4) is 0 Å². The lowest BCUT2D eigenvalue weighted by atomic mass is 10.6. The molecule has 9 heavy (non-hydrogen) atoms. The first-order valence-electron chi connectivity index (χ1n) is 3.29. The largest absolute Gasteiger partial charge is 0.248 e. The minimum atomic E-state index is -1.66. The van der Waals surface area contributed by atoms with Gasteiger partial charge in [0.2, 0.25) is 6.69 Å². The molecule has 0 amide bonds. The maximum Gasteiger partial charge on any atom is 0.248 e. The van der Waals surface area contributed by atoms with Gasteiger partial charge in [0.25, 0.3) is 0 Å². The summed E-state index contributed by atoms with van der Waals surface area (Å²) in [6.07, 6.45) is 1.30. The van der Waals surface area contributed by atoms with Crippen LogP contribution in [0.4, 0.5) is 0 Å². The Kier molecular flexibility index (Phi) is 2.66. The molecule has 53 valence electrons. The molecule has 0 atom stereocenters. The van der Waals surface area contributed by atoms with Crippen molar-refractivity contribution < 1.29 is 0 Å². The second kappa shape index (κ2) is 2.95. The fourth-order valence-corrected chi connectivity index (χ4v) is 12.9. The molecule has 4 heteroatoms. The van der Waals surface area contributed by atoms with Gasteiger partial charge in [-0.05, 0) is 11.7 Å². The van der Waals surface area contributed by atoms with Crippen molar-refractivity contribution in [3.63, 3.8) is 0 Å². The quantitative estimate of drug-likeness (QED) is 0.414. The van der Waals surface area contributed by atoms with Crippen molar-refractivity contribution in [3.8, 4) is 0 Å².